The zero-order valence-corrected chi connectivity index (χ0v) is 10.5. The monoisotopic (exact) mass is 264 g/mol. The van der Waals surface area contributed by atoms with Crippen LogP contribution in [0.4, 0.5) is 0 Å². The lowest BCUT2D eigenvalue weighted by atomic mass is 10.0. The van der Waals surface area contributed by atoms with Gasteiger partial charge in [-0.15, -0.1) is 0 Å². The van der Waals surface area contributed by atoms with E-state index in [1.807, 2.05) is 25.1 Å². The lowest BCUT2D eigenvalue weighted by molar-refractivity contribution is -0.209. The number of rotatable bonds is 1. The van der Waals surface area contributed by atoms with Gasteiger partial charge >= 0.3 is 0 Å². The Morgan fingerprint density at radius 3 is 2.84 bits per heavy atom. The number of hydrogen-bond donors (Lipinski definition) is 3. The molecule has 0 unspecified atom stereocenters. The standard InChI is InChI=1S/C13H16N2O4/c1-7-2-3-9-8(4-7)14-6-15(9)13-12(18)11(17)10(16)5-19-13/h2-4,6,10-13,16-18H,5H2,1H3/t10-,11+,12-,13-/m1/s1. The maximum Gasteiger partial charge on any atom is 0.164 e. The topological polar surface area (TPSA) is 87.7 Å². The predicted molar refractivity (Wildman–Crippen MR) is 67.5 cm³/mol. The van der Waals surface area contributed by atoms with Crippen LogP contribution in [0, 0.1) is 6.92 Å². The summed E-state index contributed by atoms with van der Waals surface area (Å²) in [4.78, 5) is 4.26. The lowest BCUT2D eigenvalue weighted by Crippen LogP contribution is -2.50. The molecule has 19 heavy (non-hydrogen) atoms. The van der Waals surface area contributed by atoms with Crippen molar-refractivity contribution in [3.05, 3.63) is 30.1 Å². The number of fused-ring (bicyclic) bond motifs is 1. The highest BCUT2D eigenvalue weighted by Crippen LogP contribution is 2.27. The third-order valence-electron chi connectivity index (χ3n) is 3.48. The average Bonchev–Trinajstić information content (AvgIpc) is 2.79. The molecule has 1 fully saturated rings. The largest absolute Gasteiger partial charge is 0.388 e. The van der Waals surface area contributed by atoms with Gasteiger partial charge in [-0.3, -0.25) is 0 Å². The molecule has 102 valence electrons. The van der Waals surface area contributed by atoms with E-state index in [-0.39, 0.29) is 6.61 Å². The number of nitrogens with zero attached hydrogens (tertiary/aromatic N) is 2. The molecule has 2 aromatic rings. The van der Waals surface area contributed by atoms with Crippen LogP contribution in [0.15, 0.2) is 24.5 Å². The Balaban J connectivity index is 2.00. The van der Waals surface area contributed by atoms with Crippen LogP contribution in [-0.4, -0.2) is 49.8 Å². The van der Waals surface area contributed by atoms with Crippen LogP contribution in [0.5, 0.6) is 0 Å². The summed E-state index contributed by atoms with van der Waals surface area (Å²) in [6.07, 6.45) is -2.65. The Kier molecular flexibility index (Phi) is 3.02. The molecule has 0 amide bonds. The van der Waals surface area contributed by atoms with Crippen LogP contribution in [-0.2, 0) is 4.74 Å². The van der Waals surface area contributed by atoms with Gasteiger partial charge in [0.1, 0.15) is 18.3 Å². The second-order valence-corrected chi connectivity index (χ2v) is 4.92. The first-order chi connectivity index (χ1) is 9.08. The van der Waals surface area contributed by atoms with Gasteiger partial charge in [0.15, 0.2) is 6.23 Å². The van der Waals surface area contributed by atoms with Crippen LogP contribution in [0.2, 0.25) is 0 Å². The van der Waals surface area contributed by atoms with Gasteiger partial charge in [-0.25, -0.2) is 4.98 Å². The minimum atomic E-state index is -1.22. The first-order valence-electron chi connectivity index (χ1n) is 6.17. The van der Waals surface area contributed by atoms with Gasteiger partial charge in [0.25, 0.3) is 0 Å². The molecule has 1 aromatic heterocycles. The van der Waals surface area contributed by atoms with Gasteiger partial charge in [0.05, 0.1) is 24.0 Å². The Hall–Kier alpha value is -1.47. The Morgan fingerprint density at radius 2 is 2.05 bits per heavy atom. The molecule has 0 radical (unpaired) electrons. The summed E-state index contributed by atoms with van der Waals surface area (Å²) in [7, 11) is 0. The fourth-order valence-corrected chi connectivity index (χ4v) is 2.38. The molecule has 0 saturated carbocycles. The molecule has 3 N–H and O–H groups in total. The zero-order chi connectivity index (χ0) is 13.6. The van der Waals surface area contributed by atoms with E-state index in [9.17, 15) is 15.3 Å². The molecule has 0 bridgehead atoms. The molecule has 1 saturated heterocycles. The van der Waals surface area contributed by atoms with Crippen LogP contribution in [0.3, 0.4) is 0 Å². The van der Waals surface area contributed by atoms with Crippen molar-refractivity contribution < 1.29 is 20.1 Å². The average molecular weight is 264 g/mol. The summed E-state index contributed by atoms with van der Waals surface area (Å²) in [6.45, 7) is 1.96. The predicted octanol–water partition coefficient (Wildman–Crippen LogP) is -0.0438. The van der Waals surface area contributed by atoms with E-state index in [2.05, 4.69) is 4.98 Å². The van der Waals surface area contributed by atoms with Gasteiger partial charge < -0.3 is 24.6 Å². The molecule has 3 rings (SSSR count). The van der Waals surface area contributed by atoms with E-state index in [0.717, 1.165) is 16.6 Å². The summed E-state index contributed by atoms with van der Waals surface area (Å²) < 4.78 is 7.09. The van der Waals surface area contributed by atoms with E-state index >= 15 is 0 Å². The van der Waals surface area contributed by atoms with Crippen molar-refractivity contribution in [1.29, 1.82) is 0 Å². The molecule has 1 aromatic carbocycles. The van der Waals surface area contributed by atoms with Gasteiger partial charge in [0, 0.05) is 0 Å². The molecule has 0 spiro atoms. The molecule has 4 atom stereocenters. The molecule has 1 aliphatic rings. The molecule has 6 heteroatoms. The summed E-state index contributed by atoms with van der Waals surface area (Å²) in [5, 5.41) is 29.2. The highest BCUT2D eigenvalue weighted by atomic mass is 16.5. The summed E-state index contributed by atoms with van der Waals surface area (Å²) in [5.41, 5.74) is 2.72. The third kappa shape index (κ3) is 2.02. The van der Waals surface area contributed by atoms with Gasteiger partial charge in [-0.1, -0.05) is 6.07 Å². The molecular formula is C13H16N2O4. The van der Waals surface area contributed by atoms with E-state index in [1.165, 1.54) is 0 Å². The SMILES string of the molecule is Cc1ccc2c(c1)ncn2[C@@H]1OC[C@@H](O)[C@H](O)[C@H]1O. The lowest BCUT2D eigenvalue weighted by Gasteiger charge is -2.35. The quantitative estimate of drug-likeness (QED) is 0.672. The number of aryl methyl sites for hydroxylation is 1. The third-order valence-corrected chi connectivity index (χ3v) is 3.48. The molecule has 6 nitrogen and oxygen atoms in total. The Labute approximate surface area is 109 Å². The van der Waals surface area contributed by atoms with Crippen LogP contribution < -0.4 is 0 Å². The van der Waals surface area contributed by atoms with Crippen molar-refractivity contribution in [2.45, 2.75) is 31.5 Å². The first kappa shape index (κ1) is 12.6. The smallest absolute Gasteiger partial charge is 0.164 e. The van der Waals surface area contributed by atoms with Crippen LogP contribution in [0.1, 0.15) is 11.8 Å². The Morgan fingerprint density at radius 1 is 1.26 bits per heavy atom. The second kappa shape index (κ2) is 4.57. The minimum Gasteiger partial charge on any atom is -0.388 e. The van der Waals surface area contributed by atoms with Crippen molar-refractivity contribution in [2.75, 3.05) is 6.61 Å². The maximum absolute atomic E-state index is 10.0. The highest BCUT2D eigenvalue weighted by Gasteiger charge is 2.38. The molecule has 0 aliphatic carbocycles. The number of benzene rings is 1. The summed E-state index contributed by atoms with van der Waals surface area (Å²) >= 11 is 0. The van der Waals surface area contributed by atoms with Crippen LogP contribution in [0.25, 0.3) is 11.0 Å². The highest BCUT2D eigenvalue weighted by molar-refractivity contribution is 5.76. The number of aliphatic hydroxyl groups is 3. The fourth-order valence-electron chi connectivity index (χ4n) is 2.38. The van der Waals surface area contributed by atoms with Gasteiger partial charge in [-0.2, -0.15) is 0 Å². The van der Waals surface area contributed by atoms with Gasteiger partial charge in [0.2, 0.25) is 0 Å². The Bertz CT molecular complexity index is 597. The number of aromatic nitrogens is 2. The van der Waals surface area contributed by atoms with Gasteiger partial charge in [-0.05, 0) is 24.6 Å². The molecule has 2 heterocycles. The van der Waals surface area contributed by atoms with Crippen molar-refractivity contribution in [3.8, 4) is 0 Å². The second-order valence-electron chi connectivity index (χ2n) is 4.92. The zero-order valence-electron chi connectivity index (χ0n) is 10.5. The van der Waals surface area contributed by atoms with E-state index in [0.29, 0.717) is 0 Å². The van der Waals surface area contributed by atoms with Crippen molar-refractivity contribution in [1.82, 2.24) is 9.55 Å². The number of ether oxygens (including phenoxy) is 1. The van der Waals surface area contributed by atoms with Crippen molar-refractivity contribution in [3.63, 3.8) is 0 Å². The number of imidazole rings is 1. The van der Waals surface area contributed by atoms with Crippen molar-refractivity contribution in [2.24, 2.45) is 0 Å². The minimum absolute atomic E-state index is 0.0194. The number of hydrogen-bond acceptors (Lipinski definition) is 5. The number of aliphatic hydroxyl groups excluding tert-OH is 3. The van der Waals surface area contributed by atoms with E-state index in [1.54, 1.807) is 10.9 Å². The summed E-state index contributed by atoms with van der Waals surface area (Å²) in [6, 6.07) is 5.78. The maximum atomic E-state index is 10.0. The first-order valence-corrected chi connectivity index (χ1v) is 6.17. The van der Waals surface area contributed by atoms with E-state index < -0.39 is 24.5 Å². The normalized spacial score (nSPS) is 31.8. The van der Waals surface area contributed by atoms with Crippen LogP contribution >= 0.6 is 0 Å². The van der Waals surface area contributed by atoms with E-state index in [4.69, 9.17) is 4.74 Å². The fraction of sp³-hybridized carbons (Fsp3) is 0.462. The van der Waals surface area contributed by atoms with Crippen molar-refractivity contribution >= 4 is 11.0 Å². The molecule has 1 aliphatic heterocycles. The molecular weight excluding hydrogens is 248 g/mol. The summed E-state index contributed by atoms with van der Waals surface area (Å²) in [5.74, 6) is 0.